The number of benzene rings is 2. The summed E-state index contributed by atoms with van der Waals surface area (Å²) >= 11 is 0. The van der Waals surface area contributed by atoms with Crippen molar-refractivity contribution in [2.45, 2.75) is 57.9 Å². The Balaban J connectivity index is 2.00. The van der Waals surface area contributed by atoms with Gasteiger partial charge in [-0.1, -0.05) is 27.7 Å². The van der Waals surface area contributed by atoms with Crippen molar-refractivity contribution in [2.75, 3.05) is 14.2 Å². The Labute approximate surface area is 177 Å². The van der Waals surface area contributed by atoms with Crippen molar-refractivity contribution >= 4 is 11.7 Å². The first-order valence-electron chi connectivity index (χ1n) is 10.1. The number of nitrogens with zero attached hydrogens (tertiary/aromatic N) is 2. The molecule has 2 aromatic rings. The van der Waals surface area contributed by atoms with Gasteiger partial charge >= 0.3 is 5.97 Å². The molecule has 160 valence electrons. The predicted octanol–water partition coefficient (Wildman–Crippen LogP) is 6.03. The molecule has 30 heavy (non-hydrogen) atoms. The predicted molar refractivity (Wildman–Crippen MR) is 116 cm³/mol. The molecule has 0 aromatic heterocycles. The zero-order valence-corrected chi connectivity index (χ0v) is 18.6. The Morgan fingerprint density at radius 3 is 2.13 bits per heavy atom. The monoisotopic (exact) mass is 410 g/mol. The van der Waals surface area contributed by atoms with Crippen LogP contribution in [0.2, 0.25) is 0 Å². The van der Waals surface area contributed by atoms with E-state index in [2.05, 4.69) is 37.9 Å². The summed E-state index contributed by atoms with van der Waals surface area (Å²) in [6.07, 6.45) is 2.14. The van der Waals surface area contributed by atoms with Gasteiger partial charge in [0.15, 0.2) is 0 Å². The summed E-state index contributed by atoms with van der Waals surface area (Å²) in [4.78, 5) is 11.0. The van der Waals surface area contributed by atoms with E-state index >= 15 is 0 Å². The molecular weight excluding hydrogens is 380 g/mol. The fourth-order valence-corrected chi connectivity index (χ4v) is 4.26. The zero-order valence-electron chi connectivity index (χ0n) is 18.6. The van der Waals surface area contributed by atoms with E-state index in [0.717, 1.165) is 29.9 Å². The van der Waals surface area contributed by atoms with Crippen molar-refractivity contribution in [3.8, 4) is 11.5 Å². The van der Waals surface area contributed by atoms with Gasteiger partial charge in [-0.05, 0) is 54.0 Å². The molecule has 6 nitrogen and oxygen atoms in total. The van der Waals surface area contributed by atoms with Crippen LogP contribution in [-0.4, -0.2) is 25.3 Å². The topological polar surface area (TPSA) is 80.5 Å². The third-order valence-corrected chi connectivity index (χ3v) is 6.01. The van der Waals surface area contributed by atoms with Crippen LogP contribution in [0.4, 0.5) is 5.69 Å². The molecule has 1 N–H and O–H groups in total. The van der Waals surface area contributed by atoms with Crippen LogP contribution in [0.1, 0.15) is 67.6 Å². The number of ether oxygens (including phenoxy) is 2. The number of carboxylic acids is 1. The highest BCUT2D eigenvalue weighted by Crippen LogP contribution is 2.53. The summed E-state index contributed by atoms with van der Waals surface area (Å²) in [6, 6.07) is 8.33. The van der Waals surface area contributed by atoms with Gasteiger partial charge in [0.05, 0.1) is 32.0 Å². The molecule has 0 atom stereocenters. The van der Waals surface area contributed by atoms with Crippen LogP contribution >= 0.6 is 0 Å². The molecule has 0 radical (unpaired) electrons. The minimum Gasteiger partial charge on any atom is -0.496 e. The van der Waals surface area contributed by atoms with Crippen LogP contribution in [0.5, 0.6) is 11.5 Å². The molecule has 6 heteroatoms. The second kappa shape index (κ2) is 8.09. The maximum Gasteiger partial charge on any atom is 0.335 e. The number of rotatable bonds is 6. The summed E-state index contributed by atoms with van der Waals surface area (Å²) in [7, 11) is 3.40. The van der Waals surface area contributed by atoms with Gasteiger partial charge in [0.2, 0.25) is 0 Å². The van der Waals surface area contributed by atoms with Crippen LogP contribution in [0.25, 0.3) is 0 Å². The van der Waals surface area contributed by atoms with Crippen molar-refractivity contribution in [1.29, 1.82) is 0 Å². The average molecular weight is 411 g/mol. The standard InChI is InChI=1S/C24H30N2O4/c1-23(2)11-12-24(3,4)20-19(23)18(29-5)13-16(21(20)30-6)14-25-26-17-9-7-15(8-10-17)22(27)28/h7-10,13H,11-12,14H2,1-6H3,(H,27,28). The van der Waals surface area contributed by atoms with E-state index < -0.39 is 5.97 Å². The molecule has 0 bridgehead atoms. The van der Waals surface area contributed by atoms with Crippen molar-refractivity contribution in [1.82, 2.24) is 0 Å². The molecule has 2 aromatic carbocycles. The molecule has 0 heterocycles. The summed E-state index contributed by atoms with van der Waals surface area (Å²) in [5, 5.41) is 17.6. The summed E-state index contributed by atoms with van der Waals surface area (Å²) in [5.74, 6) is 0.748. The molecular formula is C24H30N2O4. The maximum absolute atomic E-state index is 11.0. The first-order chi connectivity index (χ1) is 14.1. The minimum atomic E-state index is -0.963. The van der Waals surface area contributed by atoms with Crippen molar-refractivity contribution in [3.63, 3.8) is 0 Å². The lowest BCUT2D eigenvalue weighted by atomic mass is 9.62. The fraction of sp³-hybridized carbons (Fsp3) is 0.458. The molecule has 0 unspecified atom stereocenters. The molecule has 1 aliphatic carbocycles. The normalized spacial score (nSPS) is 16.9. The molecule has 1 aliphatic rings. The van der Waals surface area contributed by atoms with Gasteiger partial charge < -0.3 is 14.6 Å². The lowest BCUT2D eigenvalue weighted by molar-refractivity contribution is 0.0697. The van der Waals surface area contributed by atoms with Crippen molar-refractivity contribution < 1.29 is 19.4 Å². The SMILES string of the molecule is COc1cc(CN=Nc2ccc(C(=O)O)cc2)c(OC)c2c1C(C)(C)CCC2(C)C. The van der Waals surface area contributed by atoms with Crippen molar-refractivity contribution in [2.24, 2.45) is 10.2 Å². The highest BCUT2D eigenvalue weighted by molar-refractivity contribution is 5.87. The molecule has 0 fully saturated rings. The van der Waals surface area contributed by atoms with E-state index in [1.807, 2.05) is 6.07 Å². The summed E-state index contributed by atoms with van der Waals surface area (Å²) in [5.41, 5.74) is 4.10. The van der Waals surface area contributed by atoms with E-state index in [9.17, 15) is 4.79 Å². The summed E-state index contributed by atoms with van der Waals surface area (Å²) in [6.45, 7) is 9.34. The van der Waals surface area contributed by atoms with E-state index in [4.69, 9.17) is 14.6 Å². The summed E-state index contributed by atoms with van der Waals surface area (Å²) < 4.78 is 11.7. The number of hydrogen-bond acceptors (Lipinski definition) is 5. The molecule has 0 amide bonds. The average Bonchev–Trinajstić information content (AvgIpc) is 2.70. The third-order valence-electron chi connectivity index (χ3n) is 6.01. The Kier molecular flexibility index (Phi) is 5.88. The zero-order chi connectivity index (χ0) is 22.1. The van der Waals surface area contributed by atoms with Crippen LogP contribution in [0.15, 0.2) is 40.6 Å². The Morgan fingerprint density at radius 2 is 1.60 bits per heavy atom. The number of methoxy groups -OCH3 is 2. The Bertz CT molecular complexity index is 976. The molecule has 0 saturated heterocycles. The molecule has 0 aliphatic heterocycles. The second-order valence-corrected chi connectivity index (χ2v) is 9.04. The van der Waals surface area contributed by atoms with E-state index in [-0.39, 0.29) is 16.4 Å². The number of carbonyl (C=O) groups is 1. The van der Waals surface area contributed by atoms with Gasteiger partial charge in [0.1, 0.15) is 11.5 Å². The minimum absolute atomic E-state index is 0.00455. The van der Waals surface area contributed by atoms with Crippen LogP contribution in [-0.2, 0) is 17.4 Å². The maximum atomic E-state index is 11.0. The fourth-order valence-electron chi connectivity index (χ4n) is 4.26. The third kappa shape index (κ3) is 4.04. The number of carboxylic acid groups (broad SMARTS) is 1. The van der Waals surface area contributed by atoms with Gasteiger partial charge in [-0.3, -0.25) is 0 Å². The van der Waals surface area contributed by atoms with E-state index in [0.29, 0.717) is 12.2 Å². The second-order valence-electron chi connectivity index (χ2n) is 9.04. The smallest absolute Gasteiger partial charge is 0.335 e. The van der Waals surface area contributed by atoms with Crippen molar-refractivity contribution in [3.05, 3.63) is 52.6 Å². The lowest BCUT2D eigenvalue weighted by Gasteiger charge is -2.43. The quantitative estimate of drug-likeness (QED) is 0.589. The number of aromatic carboxylic acids is 1. The highest BCUT2D eigenvalue weighted by atomic mass is 16.5. The highest BCUT2D eigenvalue weighted by Gasteiger charge is 2.42. The Morgan fingerprint density at radius 1 is 1.00 bits per heavy atom. The molecule has 3 rings (SSSR count). The van der Waals surface area contributed by atoms with Gasteiger partial charge in [0, 0.05) is 16.7 Å². The van der Waals surface area contributed by atoms with Crippen LogP contribution < -0.4 is 9.47 Å². The molecule has 0 spiro atoms. The first kappa shape index (κ1) is 21.8. The number of fused-ring (bicyclic) bond motifs is 1. The number of azo groups is 1. The van der Waals surface area contributed by atoms with Gasteiger partial charge in [0.25, 0.3) is 0 Å². The van der Waals surface area contributed by atoms with Crippen LogP contribution in [0.3, 0.4) is 0 Å². The van der Waals surface area contributed by atoms with Gasteiger partial charge in [-0.2, -0.15) is 10.2 Å². The first-order valence-corrected chi connectivity index (χ1v) is 10.1. The van der Waals surface area contributed by atoms with Gasteiger partial charge in [-0.25, -0.2) is 4.79 Å². The molecule has 0 saturated carbocycles. The van der Waals surface area contributed by atoms with Gasteiger partial charge in [-0.15, -0.1) is 0 Å². The van der Waals surface area contributed by atoms with E-state index in [1.54, 1.807) is 26.4 Å². The van der Waals surface area contributed by atoms with E-state index in [1.165, 1.54) is 23.3 Å². The van der Waals surface area contributed by atoms with Crippen LogP contribution in [0, 0.1) is 0 Å². The largest absolute Gasteiger partial charge is 0.496 e. The number of hydrogen-bond donors (Lipinski definition) is 1. The lowest BCUT2D eigenvalue weighted by Crippen LogP contribution is -2.35. The Hall–Kier alpha value is -2.89.